The molecular formula is C18H18ClN3O3. The van der Waals surface area contributed by atoms with Crippen molar-refractivity contribution in [1.29, 1.82) is 0 Å². The van der Waals surface area contributed by atoms with Crippen LogP contribution < -0.4 is 15.5 Å². The van der Waals surface area contributed by atoms with E-state index in [2.05, 4.69) is 15.8 Å². The van der Waals surface area contributed by atoms with Crippen LogP contribution in [0.5, 0.6) is 5.75 Å². The molecule has 25 heavy (non-hydrogen) atoms. The van der Waals surface area contributed by atoms with Gasteiger partial charge >= 0.3 is 11.8 Å². The van der Waals surface area contributed by atoms with E-state index in [4.69, 9.17) is 16.3 Å². The lowest BCUT2D eigenvalue weighted by atomic mass is 10.2. The fourth-order valence-electron chi connectivity index (χ4n) is 1.94. The van der Waals surface area contributed by atoms with Gasteiger partial charge in [0.1, 0.15) is 5.75 Å². The number of aryl methyl sites for hydroxylation is 1. The number of carbonyl (C=O) groups is 2. The largest absolute Gasteiger partial charge is 0.493 e. The quantitative estimate of drug-likeness (QED) is 0.489. The van der Waals surface area contributed by atoms with Gasteiger partial charge in [-0.15, -0.1) is 0 Å². The minimum absolute atomic E-state index is 0.432. The van der Waals surface area contributed by atoms with Gasteiger partial charge in [0.2, 0.25) is 0 Å². The zero-order valence-electron chi connectivity index (χ0n) is 13.9. The van der Waals surface area contributed by atoms with Crippen LogP contribution in [0.1, 0.15) is 18.1 Å². The molecule has 2 aromatic carbocycles. The van der Waals surface area contributed by atoms with Gasteiger partial charge in [0.15, 0.2) is 0 Å². The topological polar surface area (TPSA) is 79.8 Å². The van der Waals surface area contributed by atoms with Crippen LogP contribution in [0.4, 0.5) is 5.69 Å². The van der Waals surface area contributed by atoms with Crippen LogP contribution >= 0.6 is 11.6 Å². The second-order valence-electron chi connectivity index (χ2n) is 5.09. The molecule has 0 saturated heterocycles. The highest BCUT2D eigenvalue weighted by Crippen LogP contribution is 2.19. The number of hydrogen-bond acceptors (Lipinski definition) is 4. The maximum Gasteiger partial charge on any atom is 0.329 e. The number of anilines is 1. The minimum Gasteiger partial charge on any atom is -0.493 e. The summed E-state index contributed by atoms with van der Waals surface area (Å²) in [6.45, 7) is 4.23. The second-order valence-corrected chi connectivity index (χ2v) is 5.50. The van der Waals surface area contributed by atoms with E-state index in [0.717, 1.165) is 5.56 Å². The van der Waals surface area contributed by atoms with Crippen molar-refractivity contribution in [2.75, 3.05) is 11.9 Å². The molecule has 0 aliphatic rings. The van der Waals surface area contributed by atoms with E-state index in [0.29, 0.717) is 28.6 Å². The fraction of sp³-hybridized carbons (Fsp3) is 0.167. The van der Waals surface area contributed by atoms with E-state index < -0.39 is 11.8 Å². The summed E-state index contributed by atoms with van der Waals surface area (Å²) in [6.07, 6.45) is 1.42. The molecule has 0 atom stereocenters. The third-order valence-electron chi connectivity index (χ3n) is 3.22. The summed E-state index contributed by atoms with van der Waals surface area (Å²) in [4.78, 5) is 23.7. The summed E-state index contributed by atoms with van der Waals surface area (Å²) in [5, 5.41) is 6.75. The SMILES string of the molecule is CCOc1ccccc1C=NNC(=O)C(=O)Nc1ccc(C)c(Cl)c1. The highest BCUT2D eigenvalue weighted by molar-refractivity contribution is 6.39. The van der Waals surface area contributed by atoms with E-state index in [-0.39, 0.29) is 0 Å². The van der Waals surface area contributed by atoms with Crippen molar-refractivity contribution in [1.82, 2.24) is 5.43 Å². The Kier molecular flexibility index (Phi) is 6.54. The number of halogens is 1. The van der Waals surface area contributed by atoms with Crippen molar-refractivity contribution in [3.8, 4) is 5.75 Å². The number of hydrogen-bond donors (Lipinski definition) is 2. The smallest absolute Gasteiger partial charge is 0.329 e. The van der Waals surface area contributed by atoms with Gasteiger partial charge in [0, 0.05) is 16.3 Å². The Morgan fingerprint density at radius 2 is 1.96 bits per heavy atom. The van der Waals surface area contributed by atoms with Gasteiger partial charge in [-0.1, -0.05) is 29.8 Å². The zero-order valence-corrected chi connectivity index (χ0v) is 14.6. The van der Waals surface area contributed by atoms with Crippen molar-refractivity contribution in [3.05, 3.63) is 58.6 Å². The van der Waals surface area contributed by atoms with Gasteiger partial charge in [0.05, 0.1) is 12.8 Å². The third-order valence-corrected chi connectivity index (χ3v) is 3.63. The predicted molar refractivity (Wildman–Crippen MR) is 98.2 cm³/mol. The number of amides is 2. The number of nitrogens with one attached hydrogen (secondary N) is 2. The standard InChI is InChI=1S/C18H18ClN3O3/c1-3-25-16-7-5-4-6-13(16)11-20-22-18(24)17(23)21-14-9-8-12(2)15(19)10-14/h4-11H,3H2,1-2H3,(H,21,23)(H,22,24). The number of para-hydroxylation sites is 1. The van der Waals surface area contributed by atoms with Gasteiger partial charge in [-0.05, 0) is 43.7 Å². The molecule has 2 N–H and O–H groups in total. The van der Waals surface area contributed by atoms with E-state index >= 15 is 0 Å². The average Bonchev–Trinajstić information content (AvgIpc) is 2.59. The molecule has 0 bridgehead atoms. The van der Waals surface area contributed by atoms with Crippen molar-refractivity contribution < 1.29 is 14.3 Å². The van der Waals surface area contributed by atoms with Crippen molar-refractivity contribution in [2.45, 2.75) is 13.8 Å². The summed E-state index contributed by atoms with van der Waals surface area (Å²) in [5.41, 5.74) is 4.18. The molecule has 130 valence electrons. The maximum absolute atomic E-state index is 11.9. The first-order valence-corrected chi connectivity index (χ1v) is 8.01. The van der Waals surface area contributed by atoms with Crippen molar-refractivity contribution in [2.24, 2.45) is 5.10 Å². The Labute approximate surface area is 150 Å². The van der Waals surface area contributed by atoms with Gasteiger partial charge in [-0.2, -0.15) is 5.10 Å². The van der Waals surface area contributed by atoms with E-state index in [9.17, 15) is 9.59 Å². The number of hydrazone groups is 1. The summed E-state index contributed by atoms with van der Waals surface area (Å²) >= 11 is 5.98. The summed E-state index contributed by atoms with van der Waals surface area (Å²) in [6, 6.07) is 12.2. The molecule has 0 heterocycles. The Morgan fingerprint density at radius 3 is 2.68 bits per heavy atom. The molecule has 0 aromatic heterocycles. The summed E-state index contributed by atoms with van der Waals surface area (Å²) < 4.78 is 5.45. The summed E-state index contributed by atoms with van der Waals surface area (Å²) in [5.74, 6) is -1.08. The molecule has 6 nitrogen and oxygen atoms in total. The normalized spacial score (nSPS) is 10.5. The molecule has 0 fully saturated rings. The van der Waals surface area contributed by atoms with E-state index in [1.165, 1.54) is 6.21 Å². The number of rotatable bonds is 5. The first-order valence-electron chi connectivity index (χ1n) is 7.63. The van der Waals surface area contributed by atoms with Crippen LogP contribution in [0.25, 0.3) is 0 Å². The van der Waals surface area contributed by atoms with Crippen LogP contribution in [-0.2, 0) is 9.59 Å². The molecule has 2 rings (SSSR count). The monoisotopic (exact) mass is 359 g/mol. The Balaban J connectivity index is 1.95. The third kappa shape index (κ3) is 5.32. The predicted octanol–water partition coefficient (Wildman–Crippen LogP) is 3.14. The number of carbonyl (C=O) groups excluding carboxylic acids is 2. The Morgan fingerprint density at radius 1 is 1.20 bits per heavy atom. The Hall–Kier alpha value is -2.86. The lowest BCUT2D eigenvalue weighted by molar-refractivity contribution is -0.136. The van der Waals surface area contributed by atoms with Crippen LogP contribution in [-0.4, -0.2) is 24.6 Å². The first-order chi connectivity index (χ1) is 12.0. The Bertz CT molecular complexity index is 806. The number of ether oxygens (including phenoxy) is 1. The van der Waals surface area contributed by atoms with Gasteiger partial charge in [0.25, 0.3) is 0 Å². The fourth-order valence-corrected chi connectivity index (χ4v) is 2.12. The highest BCUT2D eigenvalue weighted by Gasteiger charge is 2.13. The maximum atomic E-state index is 11.9. The van der Waals surface area contributed by atoms with Crippen molar-refractivity contribution in [3.63, 3.8) is 0 Å². The molecule has 0 spiro atoms. The first kappa shape index (κ1) is 18.5. The highest BCUT2D eigenvalue weighted by atomic mass is 35.5. The molecule has 0 unspecified atom stereocenters. The molecule has 0 saturated carbocycles. The molecule has 0 aliphatic heterocycles. The van der Waals surface area contributed by atoms with Gasteiger partial charge in [-0.25, -0.2) is 5.43 Å². The van der Waals surface area contributed by atoms with Crippen LogP contribution in [0, 0.1) is 6.92 Å². The summed E-state index contributed by atoms with van der Waals surface area (Å²) in [7, 11) is 0. The van der Waals surface area contributed by atoms with Crippen molar-refractivity contribution >= 4 is 35.3 Å². The average molecular weight is 360 g/mol. The number of nitrogens with zero attached hydrogens (tertiary/aromatic N) is 1. The molecule has 2 aromatic rings. The van der Waals surface area contributed by atoms with Crippen LogP contribution in [0.2, 0.25) is 5.02 Å². The van der Waals surface area contributed by atoms with E-state index in [1.54, 1.807) is 30.3 Å². The second kappa shape index (κ2) is 8.84. The zero-order chi connectivity index (χ0) is 18.2. The van der Waals surface area contributed by atoms with Crippen LogP contribution in [0.3, 0.4) is 0 Å². The molecular weight excluding hydrogens is 342 g/mol. The molecule has 0 aliphatic carbocycles. The molecule has 7 heteroatoms. The molecule has 0 radical (unpaired) electrons. The van der Waals surface area contributed by atoms with E-state index in [1.807, 2.05) is 26.0 Å². The molecule has 2 amide bonds. The minimum atomic E-state index is -0.887. The number of benzene rings is 2. The van der Waals surface area contributed by atoms with Crippen LogP contribution in [0.15, 0.2) is 47.6 Å². The lowest BCUT2D eigenvalue weighted by Crippen LogP contribution is -2.32. The van der Waals surface area contributed by atoms with Gasteiger partial charge in [-0.3, -0.25) is 9.59 Å². The van der Waals surface area contributed by atoms with Gasteiger partial charge < -0.3 is 10.1 Å². The lowest BCUT2D eigenvalue weighted by Gasteiger charge is -2.06.